The van der Waals surface area contributed by atoms with E-state index in [4.69, 9.17) is 0 Å². The van der Waals surface area contributed by atoms with Crippen molar-refractivity contribution < 1.29 is 0 Å². The van der Waals surface area contributed by atoms with Gasteiger partial charge in [-0.1, -0.05) is 37.6 Å². The fourth-order valence-electron chi connectivity index (χ4n) is 1.48. The molecule has 0 nitrogen and oxygen atoms in total. The number of hydrogen-bond acceptors (Lipinski definition) is 0. The highest BCUT2D eigenvalue weighted by molar-refractivity contribution is 5.38. The van der Waals surface area contributed by atoms with Gasteiger partial charge in [-0.15, -0.1) is 0 Å². The van der Waals surface area contributed by atoms with Crippen LogP contribution in [0.5, 0.6) is 0 Å². The molecule has 0 aliphatic rings. The number of aryl methyl sites for hydroxylation is 2. The van der Waals surface area contributed by atoms with Crippen LogP contribution in [0.4, 0.5) is 0 Å². The van der Waals surface area contributed by atoms with E-state index in [-0.39, 0.29) is 0 Å². The van der Waals surface area contributed by atoms with Gasteiger partial charge in [-0.25, -0.2) is 0 Å². The van der Waals surface area contributed by atoms with Crippen LogP contribution in [0.25, 0.3) is 0 Å². The number of rotatable bonds is 2. The van der Waals surface area contributed by atoms with E-state index in [1.807, 2.05) is 0 Å². The summed E-state index contributed by atoms with van der Waals surface area (Å²) < 4.78 is 0. The van der Waals surface area contributed by atoms with Crippen molar-refractivity contribution in [3.05, 3.63) is 40.8 Å². The molecule has 0 amide bonds. The van der Waals surface area contributed by atoms with Crippen LogP contribution >= 0.6 is 0 Å². The molecular formula is C12H17. The third-order valence-electron chi connectivity index (χ3n) is 2.37. The highest BCUT2D eigenvalue weighted by Crippen LogP contribution is 2.21. The predicted octanol–water partition coefficient (Wildman–Crippen LogP) is 3.66. The van der Waals surface area contributed by atoms with Crippen LogP contribution in [0.3, 0.4) is 0 Å². The van der Waals surface area contributed by atoms with Crippen molar-refractivity contribution in [2.75, 3.05) is 0 Å². The maximum Gasteiger partial charge on any atom is 0.00189 e. The van der Waals surface area contributed by atoms with Crippen molar-refractivity contribution in [2.45, 2.75) is 34.1 Å². The highest BCUT2D eigenvalue weighted by Gasteiger charge is 2.05. The summed E-state index contributed by atoms with van der Waals surface area (Å²) in [6.07, 6.45) is 1.14. The van der Waals surface area contributed by atoms with E-state index in [0.717, 1.165) is 6.42 Å². The maximum absolute atomic E-state index is 2.24. The van der Waals surface area contributed by atoms with Gasteiger partial charge in [0.15, 0.2) is 0 Å². The first kappa shape index (κ1) is 9.31. The molecule has 12 heavy (non-hydrogen) atoms. The Morgan fingerprint density at radius 3 is 2.42 bits per heavy atom. The second-order valence-corrected chi connectivity index (χ2v) is 3.45. The second kappa shape index (κ2) is 3.75. The minimum Gasteiger partial charge on any atom is -0.0645 e. The summed E-state index contributed by atoms with van der Waals surface area (Å²) in [7, 11) is 0. The highest BCUT2D eigenvalue weighted by atomic mass is 14.1. The Balaban J connectivity index is 3.01. The van der Waals surface area contributed by atoms with E-state index in [2.05, 4.69) is 45.9 Å². The molecule has 0 saturated carbocycles. The number of benzene rings is 1. The van der Waals surface area contributed by atoms with Crippen molar-refractivity contribution in [3.8, 4) is 0 Å². The summed E-state index contributed by atoms with van der Waals surface area (Å²) in [6, 6.07) is 6.65. The average Bonchev–Trinajstić information content (AvgIpc) is 2.03. The molecule has 0 atom stereocenters. The first-order valence-corrected chi connectivity index (χ1v) is 4.55. The van der Waals surface area contributed by atoms with Gasteiger partial charge in [-0.2, -0.15) is 0 Å². The molecule has 0 heteroatoms. The van der Waals surface area contributed by atoms with Crippen LogP contribution in [0.2, 0.25) is 0 Å². The molecule has 65 valence electrons. The molecule has 0 unspecified atom stereocenters. The Kier molecular flexibility index (Phi) is 2.91. The minimum atomic E-state index is 1.14. The minimum absolute atomic E-state index is 1.14. The molecule has 1 aromatic carbocycles. The molecule has 1 radical (unpaired) electrons. The van der Waals surface area contributed by atoms with E-state index in [0.29, 0.717) is 0 Å². The van der Waals surface area contributed by atoms with Crippen LogP contribution in [-0.4, -0.2) is 0 Å². The summed E-state index contributed by atoms with van der Waals surface area (Å²) in [5, 5.41) is 0. The van der Waals surface area contributed by atoms with E-state index in [1.165, 1.54) is 22.6 Å². The SMILES string of the molecule is CC[C](C)c1ccc(C)cc1C. The quantitative estimate of drug-likeness (QED) is 0.621. The van der Waals surface area contributed by atoms with Gasteiger partial charge in [0.05, 0.1) is 0 Å². The Morgan fingerprint density at radius 2 is 1.92 bits per heavy atom. The molecule has 0 aliphatic carbocycles. The molecule has 0 saturated heterocycles. The van der Waals surface area contributed by atoms with Crippen molar-refractivity contribution in [1.82, 2.24) is 0 Å². The van der Waals surface area contributed by atoms with Crippen molar-refractivity contribution in [2.24, 2.45) is 0 Å². The molecule has 0 aromatic heterocycles. The Hall–Kier alpha value is -0.780. The van der Waals surface area contributed by atoms with Gasteiger partial charge in [0.1, 0.15) is 0 Å². The van der Waals surface area contributed by atoms with E-state index >= 15 is 0 Å². The fourth-order valence-corrected chi connectivity index (χ4v) is 1.48. The Labute approximate surface area is 75.6 Å². The lowest BCUT2D eigenvalue weighted by Crippen LogP contribution is -1.95. The summed E-state index contributed by atoms with van der Waals surface area (Å²) in [4.78, 5) is 0. The first-order chi connectivity index (χ1) is 5.65. The van der Waals surface area contributed by atoms with Crippen molar-refractivity contribution in [3.63, 3.8) is 0 Å². The fraction of sp³-hybridized carbons (Fsp3) is 0.417. The topological polar surface area (TPSA) is 0 Å². The van der Waals surface area contributed by atoms with Gasteiger partial charge in [0, 0.05) is 5.92 Å². The smallest absolute Gasteiger partial charge is 0.00189 e. The molecule has 0 spiro atoms. The third kappa shape index (κ3) is 1.88. The standard InChI is InChI=1S/C12H17/c1-5-10(3)12-7-6-9(2)8-11(12)4/h6-8H,5H2,1-4H3. The molecule has 0 N–H and O–H groups in total. The molecule has 0 fully saturated rings. The number of hydrogen-bond donors (Lipinski definition) is 0. The molecule has 1 rings (SSSR count). The Bertz CT molecular complexity index is 261. The van der Waals surface area contributed by atoms with Gasteiger partial charge < -0.3 is 0 Å². The lowest BCUT2D eigenvalue weighted by molar-refractivity contribution is 0.948. The van der Waals surface area contributed by atoms with Gasteiger partial charge in [-0.05, 0) is 31.4 Å². The second-order valence-electron chi connectivity index (χ2n) is 3.45. The van der Waals surface area contributed by atoms with E-state index < -0.39 is 0 Å². The van der Waals surface area contributed by atoms with Crippen molar-refractivity contribution >= 4 is 0 Å². The maximum atomic E-state index is 2.24. The van der Waals surface area contributed by atoms with Crippen LogP contribution in [0.15, 0.2) is 18.2 Å². The van der Waals surface area contributed by atoms with Crippen LogP contribution in [0, 0.1) is 19.8 Å². The molecule has 0 bridgehead atoms. The zero-order valence-electron chi connectivity index (χ0n) is 8.44. The first-order valence-electron chi connectivity index (χ1n) is 4.55. The summed E-state index contributed by atoms with van der Waals surface area (Å²) in [5.41, 5.74) is 4.16. The van der Waals surface area contributed by atoms with Crippen LogP contribution < -0.4 is 0 Å². The zero-order chi connectivity index (χ0) is 9.14. The van der Waals surface area contributed by atoms with Gasteiger partial charge in [-0.3, -0.25) is 0 Å². The predicted molar refractivity (Wildman–Crippen MR) is 54.2 cm³/mol. The lowest BCUT2D eigenvalue weighted by Gasteiger charge is -2.11. The summed E-state index contributed by atoms with van der Waals surface area (Å²) in [5.74, 6) is 1.48. The van der Waals surface area contributed by atoms with Gasteiger partial charge in [0.2, 0.25) is 0 Å². The normalized spacial score (nSPS) is 10.8. The summed E-state index contributed by atoms with van der Waals surface area (Å²) >= 11 is 0. The molecule has 0 heterocycles. The zero-order valence-corrected chi connectivity index (χ0v) is 8.44. The lowest BCUT2D eigenvalue weighted by atomic mass is 9.93. The molecule has 0 aliphatic heterocycles. The van der Waals surface area contributed by atoms with Crippen LogP contribution in [-0.2, 0) is 0 Å². The molecule has 1 aromatic rings. The summed E-state index contributed by atoms with van der Waals surface area (Å²) in [6.45, 7) is 8.73. The third-order valence-corrected chi connectivity index (χ3v) is 2.37. The van der Waals surface area contributed by atoms with Crippen LogP contribution in [0.1, 0.15) is 37.0 Å². The Morgan fingerprint density at radius 1 is 1.25 bits per heavy atom. The van der Waals surface area contributed by atoms with E-state index in [1.54, 1.807) is 0 Å². The van der Waals surface area contributed by atoms with Gasteiger partial charge >= 0.3 is 0 Å². The average molecular weight is 161 g/mol. The molecular weight excluding hydrogens is 144 g/mol. The van der Waals surface area contributed by atoms with Gasteiger partial charge in [0.25, 0.3) is 0 Å². The van der Waals surface area contributed by atoms with E-state index in [9.17, 15) is 0 Å². The van der Waals surface area contributed by atoms with Crippen molar-refractivity contribution in [1.29, 1.82) is 0 Å². The monoisotopic (exact) mass is 161 g/mol. The largest absolute Gasteiger partial charge is 0.0645 e.